The van der Waals surface area contributed by atoms with Crippen LogP contribution >= 0.6 is 35.0 Å². The molecule has 136 valence electrons. The number of aromatic nitrogens is 3. The van der Waals surface area contributed by atoms with E-state index in [1.165, 1.54) is 0 Å². The summed E-state index contributed by atoms with van der Waals surface area (Å²) in [5.41, 5.74) is 4.51. The van der Waals surface area contributed by atoms with Gasteiger partial charge in [-0.15, -0.1) is 0 Å². The van der Waals surface area contributed by atoms with Gasteiger partial charge in [0.25, 0.3) is 11.1 Å². The van der Waals surface area contributed by atoms with Crippen LogP contribution in [0, 0.1) is 13.8 Å². The molecule has 4 rings (SSSR count). The van der Waals surface area contributed by atoms with Gasteiger partial charge < -0.3 is 4.98 Å². The van der Waals surface area contributed by atoms with Crippen molar-refractivity contribution in [2.45, 2.75) is 13.8 Å². The highest BCUT2D eigenvalue weighted by Crippen LogP contribution is 2.31. The zero-order chi connectivity index (χ0) is 19.3. The van der Waals surface area contributed by atoms with Gasteiger partial charge in [0.15, 0.2) is 5.82 Å². The van der Waals surface area contributed by atoms with E-state index in [0.29, 0.717) is 37.7 Å². The van der Waals surface area contributed by atoms with Crippen LogP contribution in [0.2, 0.25) is 10.0 Å². The lowest BCUT2D eigenvalue weighted by Gasteiger charge is -2.07. The molecule has 9 heteroatoms. The van der Waals surface area contributed by atoms with E-state index in [0.717, 1.165) is 28.4 Å². The van der Waals surface area contributed by atoms with E-state index in [-0.39, 0.29) is 5.24 Å². The fourth-order valence-electron chi connectivity index (χ4n) is 2.79. The number of benzene rings is 1. The number of amides is 2. The van der Waals surface area contributed by atoms with Gasteiger partial charge in [-0.25, -0.2) is 9.97 Å². The summed E-state index contributed by atoms with van der Waals surface area (Å²) in [5.74, 6) is 0.212. The predicted molar refractivity (Wildman–Crippen MR) is 108 cm³/mol. The topological polar surface area (TPSA) is 87.7 Å². The number of carbonyl (C=O) groups excluding carboxylic acids is 2. The number of imidazole rings is 1. The normalized spacial score (nSPS) is 15.8. The molecule has 0 aliphatic carbocycles. The van der Waals surface area contributed by atoms with E-state index >= 15 is 0 Å². The molecule has 1 aliphatic rings. The van der Waals surface area contributed by atoms with Crippen LogP contribution in [0.4, 0.5) is 4.79 Å². The highest BCUT2D eigenvalue weighted by Gasteiger charge is 2.25. The number of aryl methyl sites for hydroxylation is 2. The first kappa shape index (κ1) is 18.0. The molecule has 3 aromatic rings. The SMILES string of the molecule is Cc1cc(/C=C2/SC(=O)NC2=O)c(C)nc1-c1nc2cc(Cl)c(Cl)cc2[nH]1. The third kappa shape index (κ3) is 3.34. The van der Waals surface area contributed by atoms with Gasteiger partial charge in [0.2, 0.25) is 0 Å². The van der Waals surface area contributed by atoms with Crippen molar-refractivity contribution in [2.24, 2.45) is 0 Å². The number of carbonyl (C=O) groups is 2. The molecule has 0 spiro atoms. The van der Waals surface area contributed by atoms with Gasteiger partial charge in [0.1, 0.15) is 5.69 Å². The Labute approximate surface area is 168 Å². The third-order valence-electron chi connectivity index (χ3n) is 4.12. The maximum atomic E-state index is 11.8. The lowest BCUT2D eigenvalue weighted by Crippen LogP contribution is -2.17. The number of fused-ring (bicyclic) bond motifs is 1. The van der Waals surface area contributed by atoms with Crippen LogP contribution in [0.3, 0.4) is 0 Å². The molecule has 0 radical (unpaired) electrons. The lowest BCUT2D eigenvalue weighted by molar-refractivity contribution is -0.115. The second-order valence-electron chi connectivity index (χ2n) is 6.05. The molecular weight excluding hydrogens is 407 g/mol. The number of H-pyrrole nitrogens is 1. The zero-order valence-corrected chi connectivity index (χ0v) is 16.5. The molecule has 1 saturated heterocycles. The fraction of sp³-hybridized carbons (Fsp3) is 0.111. The van der Waals surface area contributed by atoms with Crippen molar-refractivity contribution in [3.63, 3.8) is 0 Å². The number of nitrogens with one attached hydrogen (secondary N) is 2. The molecule has 1 aliphatic heterocycles. The number of nitrogens with zero attached hydrogens (tertiary/aromatic N) is 2. The molecule has 0 unspecified atom stereocenters. The van der Waals surface area contributed by atoms with E-state index < -0.39 is 5.91 Å². The fourth-order valence-corrected chi connectivity index (χ4v) is 3.79. The largest absolute Gasteiger partial charge is 0.337 e. The molecule has 2 amide bonds. The van der Waals surface area contributed by atoms with Gasteiger partial charge in [-0.2, -0.15) is 0 Å². The third-order valence-corrected chi connectivity index (χ3v) is 5.65. The Bertz CT molecular complexity index is 1130. The lowest BCUT2D eigenvalue weighted by atomic mass is 10.1. The minimum atomic E-state index is -0.392. The zero-order valence-electron chi connectivity index (χ0n) is 14.2. The van der Waals surface area contributed by atoms with Crippen LogP contribution < -0.4 is 5.32 Å². The average Bonchev–Trinajstić information content (AvgIpc) is 3.13. The van der Waals surface area contributed by atoms with Crippen LogP contribution in [-0.2, 0) is 4.79 Å². The molecule has 1 aromatic carbocycles. The molecule has 1 fully saturated rings. The molecule has 6 nitrogen and oxygen atoms in total. The number of aromatic amines is 1. The Balaban J connectivity index is 1.77. The minimum absolute atomic E-state index is 0.352. The Morgan fingerprint density at radius 1 is 1.07 bits per heavy atom. The maximum Gasteiger partial charge on any atom is 0.290 e. The van der Waals surface area contributed by atoms with E-state index in [2.05, 4.69) is 20.3 Å². The molecular formula is C18H12Cl2N4O2S. The van der Waals surface area contributed by atoms with Crippen molar-refractivity contribution in [1.29, 1.82) is 0 Å². The summed E-state index contributed by atoms with van der Waals surface area (Å²) >= 11 is 13.0. The minimum Gasteiger partial charge on any atom is -0.337 e. The van der Waals surface area contributed by atoms with Crippen LogP contribution in [0.1, 0.15) is 16.8 Å². The van der Waals surface area contributed by atoms with Crippen LogP contribution in [-0.4, -0.2) is 26.1 Å². The smallest absolute Gasteiger partial charge is 0.290 e. The van der Waals surface area contributed by atoms with Crippen molar-refractivity contribution >= 4 is 63.2 Å². The Kier molecular flexibility index (Phi) is 4.46. The average molecular weight is 419 g/mol. The summed E-state index contributed by atoms with van der Waals surface area (Å²) in [6.45, 7) is 3.75. The number of pyridine rings is 1. The van der Waals surface area contributed by atoms with Gasteiger partial charge in [-0.1, -0.05) is 23.2 Å². The number of rotatable bonds is 2. The van der Waals surface area contributed by atoms with Crippen molar-refractivity contribution in [2.75, 3.05) is 0 Å². The standard InChI is InChI=1S/C18H12Cl2N4O2S/c1-7-3-9(4-14-17(25)24-18(26)27-14)8(2)21-15(7)16-22-12-5-10(19)11(20)6-13(12)23-16/h3-6H,1-2H3,(H,22,23)(H,24,25,26)/b14-4+. The summed E-state index contributed by atoms with van der Waals surface area (Å²) in [5, 5.41) is 2.76. The van der Waals surface area contributed by atoms with Crippen molar-refractivity contribution < 1.29 is 9.59 Å². The Hall–Kier alpha value is -2.35. The first-order valence-corrected chi connectivity index (χ1v) is 9.47. The summed E-state index contributed by atoms with van der Waals surface area (Å²) in [7, 11) is 0. The number of hydrogen-bond acceptors (Lipinski definition) is 5. The summed E-state index contributed by atoms with van der Waals surface area (Å²) in [4.78, 5) is 35.8. The number of imide groups is 1. The van der Waals surface area contributed by atoms with Crippen LogP contribution in [0.15, 0.2) is 23.1 Å². The van der Waals surface area contributed by atoms with Crippen molar-refractivity contribution in [3.05, 3.63) is 50.0 Å². The van der Waals surface area contributed by atoms with E-state index in [1.54, 1.807) is 18.2 Å². The molecule has 3 heterocycles. The van der Waals surface area contributed by atoms with E-state index in [1.807, 2.05) is 19.9 Å². The molecule has 2 aromatic heterocycles. The van der Waals surface area contributed by atoms with Gasteiger partial charge >= 0.3 is 0 Å². The van der Waals surface area contributed by atoms with Crippen LogP contribution in [0.25, 0.3) is 28.6 Å². The highest BCUT2D eigenvalue weighted by molar-refractivity contribution is 8.18. The summed E-state index contributed by atoms with van der Waals surface area (Å²) in [6, 6.07) is 5.34. The summed E-state index contributed by atoms with van der Waals surface area (Å²) < 4.78 is 0. The molecule has 2 N–H and O–H groups in total. The van der Waals surface area contributed by atoms with Crippen molar-refractivity contribution in [1.82, 2.24) is 20.3 Å². The first-order valence-electron chi connectivity index (χ1n) is 7.90. The van der Waals surface area contributed by atoms with Crippen molar-refractivity contribution in [3.8, 4) is 11.5 Å². The number of hydrogen-bond donors (Lipinski definition) is 2. The Morgan fingerprint density at radius 2 is 1.81 bits per heavy atom. The summed E-state index contributed by atoms with van der Waals surface area (Å²) in [6.07, 6.45) is 1.67. The van der Waals surface area contributed by atoms with Gasteiger partial charge in [0, 0.05) is 5.69 Å². The monoisotopic (exact) mass is 418 g/mol. The molecule has 0 saturated carbocycles. The van der Waals surface area contributed by atoms with Crippen LogP contribution in [0.5, 0.6) is 0 Å². The number of thioether (sulfide) groups is 1. The number of halogens is 2. The Morgan fingerprint density at radius 3 is 2.52 bits per heavy atom. The highest BCUT2D eigenvalue weighted by atomic mass is 35.5. The maximum absolute atomic E-state index is 11.8. The quantitative estimate of drug-likeness (QED) is 0.579. The molecule has 0 bridgehead atoms. The van der Waals surface area contributed by atoms with Gasteiger partial charge in [-0.05, 0) is 61.0 Å². The van der Waals surface area contributed by atoms with E-state index in [4.69, 9.17) is 23.2 Å². The second-order valence-corrected chi connectivity index (χ2v) is 7.88. The molecule has 27 heavy (non-hydrogen) atoms. The first-order chi connectivity index (χ1) is 12.8. The van der Waals surface area contributed by atoms with Gasteiger partial charge in [0.05, 0.1) is 26.0 Å². The van der Waals surface area contributed by atoms with Gasteiger partial charge in [-0.3, -0.25) is 14.9 Å². The second kappa shape index (κ2) is 6.67. The molecule has 0 atom stereocenters. The van der Waals surface area contributed by atoms with E-state index in [9.17, 15) is 9.59 Å². The predicted octanol–water partition coefficient (Wildman–Crippen LogP) is 4.87.